The van der Waals surface area contributed by atoms with E-state index in [0.29, 0.717) is 5.56 Å². The van der Waals surface area contributed by atoms with Crippen LogP contribution in [0.1, 0.15) is 44.2 Å². The largest absolute Gasteiger partial charge is 0.459 e. The highest BCUT2D eigenvalue weighted by Gasteiger charge is 2.60. The normalized spacial score (nSPS) is 20.9. The first kappa shape index (κ1) is 29.3. The summed E-state index contributed by atoms with van der Waals surface area (Å²) >= 11 is 0. The lowest BCUT2D eigenvalue weighted by Crippen LogP contribution is -2.50. The van der Waals surface area contributed by atoms with E-state index in [9.17, 15) is 19.2 Å². The van der Waals surface area contributed by atoms with Gasteiger partial charge in [-0.25, -0.2) is 19.4 Å². The van der Waals surface area contributed by atoms with Gasteiger partial charge in [0.1, 0.15) is 18.5 Å². The van der Waals surface area contributed by atoms with Crippen LogP contribution in [0, 0.1) is 0 Å². The van der Waals surface area contributed by atoms with Crippen LogP contribution in [0.5, 0.6) is 0 Å². The van der Waals surface area contributed by atoms with Gasteiger partial charge in [-0.05, 0) is 43.3 Å². The van der Waals surface area contributed by atoms with Crippen LogP contribution < -0.4 is 11.3 Å². The topological polar surface area (TPSA) is 165 Å². The smallest absolute Gasteiger partial charge is 0.338 e. The molecule has 4 atom stereocenters. The molecule has 0 amide bonds. The summed E-state index contributed by atoms with van der Waals surface area (Å²) in [5, 5.41) is 0. The third-order valence-electron chi connectivity index (χ3n) is 7.50. The summed E-state index contributed by atoms with van der Waals surface area (Å²) < 4.78 is 25.7. The zero-order valence-corrected chi connectivity index (χ0v) is 24.0. The van der Waals surface area contributed by atoms with Crippen molar-refractivity contribution in [3.8, 4) is 0 Å². The highest BCUT2D eigenvalue weighted by Crippen LogP contribution is 2.45. The Kier molecular flexibility index (Phi) is 7.88. The van der Waals surface area contributed by atoms with Gasteiger partial charge >= 0.3 is 17.9 Å². The Morgan fingerprint density at radius 1 is 0.889 bits per heavy atom. The van der Waals surface area contributed by atoms with Gasteiger partial charge in [-0.15, -0.1) is 0 Å². The Morgan fingerprint density at radius 2 is 1.44 bits per heavy atom. The summed E-state index contributed by atoms with van der Waals surface area (Å²) in [4.78, 5) is 59.2. The molecule has 2 aromatic heterocycles. The number of benzene rings is 3. The predicted octanol–water partition coefficient (Wildman–Crippen LogP) is 3.90. The molecule has 228 valence electrons. The number of fused-ring (bicyclic) bond motifs is 1. The Labute approximate surface area is 256 Å². The Hall–Kier alpha value is -5.75. The SMILES string of the molecule is C[C@]1(OC(=O)c2ccccc2)[C@H](OC(=O)c2ccccc2)[C@@H](COC(=O)c2ccccc2)O[C@@H]1n1cnc2c(=O)[nH]c(N)cc21. The molecular formula is C33H28N4O8. The first-order chi connectivity index (χ1) is 21.7. The molecule has 0 radical (unpaired) electrons. The number of imidazole rings is 1. The van der Waals surface area contributed by atoms with E-state index in [1.54, 1.807) is 97.9 Å². The fraction of sp³-hybridized carbons (Fsp3) is 0.182. The number of ether oxygens (including phenoxy) is 4. The third kappa shape index (κ3) is 5.78. The predicted molar refractivity (Wildman–Crippen MR) is 161 cm³/mol. The highest BCUT2D eigenvalue weighted by atomic mass is 16.7. The molecule has 5 aromatic rings. The molecule has 0 saturated carbocycles. The maximum Gasteiger partial charge on any atom is 0.338 e. The summed E-state index contributed by atoms with van der Waals surface area (Å²) in [6.45, 7) is 1.17. The van der Waals surface area contributed by atoms with Crippen molar-refractivity contribution in [2.24, 2.45) is 0 Å². The van der Waals surface area contributed by atoms with Crippen molar-refractivity contribution in [3.63, 3.8) is 0 Å². The first-order valence-corrected chi connectivity index (χ1v) is 14.0. The van der Waals surface area contributed by atoms with E-state index < -0.39 is 47.5 Å². The molecule has 1 aliphatic heterocycles. The number of nitrogens with two attached hydrogens (primary N) is 1. The number of nitrogen functional groups attached to an aromatic ring is 1. The molecule has 6 rings (SSSR count). The van der Waals surface area contributed by atoms with Gasteiger partial charge in [0, 0.05) is 6.07 Å². The summed E-state index contributed by atoms with van der Waals surface area (Å²) in [6.07, 6.45) is -2.30. The van der Waals surface area contributed by atoms with Crippen molar-refractivity contribution < 1.29 is 33.3 Å². The molecule has 12 nitrogen and oxygen atoms in total. The average Bonchev–Trinajstić information content (AvgIpc) is 3.59. The van der Waals surface area contributed by atoms with Crippen molar-refractivity contribution in [2.45, 2.75) is 31.0 Å². The van der Waals surface area contributed by atoms with E-state index in [-0.39, 0.29) is 34.6 Å². The minimum atomic E-state index is -1.74. The number of rotatable bonds is 8. The molecule has 0 aliphatic carbocycles. The third-order valence-corrected chi connectivity index (χ3v) is 7.50. The lowest BCUT2D eigenvalue weighted by atomic mass is 9.95. The van der Waals surface area contributed by atoms with E-state index in [4.69, 9.17) is 24.7 Å². The lowest BCUT2D eigenvalue weighted by molar-refractivity contribution is -0.108. The number of carbonyl (C=O) groups excluding carboxylic acids is 3. The molecule has 1 saturated heterocycles. The Balaban J connectivity index is 1.43. The quantitative estimate of drug-likeness (QED) is 0.195. The molecule has 12 heteroatoms. The van der Waals surface area contributed by atoms with Gasteiger partial charge in [-0.1, -0.05) is 54.6 Å². The molecule has 0 bridgehead atoms. The number of aromatic amines is 1. The molecule has 3 aromatic carbocycles. The second-order valence-corrected chi connectivity index (χ2v) is 10.6. The fourth-order valence-corrected chi connectivity index (χ4v) is 5.31. The average molecular weight is 609 g/mol. The molecule has 45 heavy (non-hydrogen) atoms. The van der Waals surface area contributed by atoms with Crippen LogP contribution in [-0.4, -0.2) is 56.9 Å². The zero-order valence-electron chi connectivity index (χ0n) is 24.0. The second kappa shape index (κ2) is 12.1. The van der Waals surface area contributed by atoms with Crippen LogP contribution in [0.25, 0.3) is 11.0 Å². The monoisotopic (exact) mass is 608 g/mol. The number of carbonyl (C=O) groups is 3. The first-order valence-electron chi connectivity index (χ1n) is 14.0. The molecule has 3 heterocycles. The van der Waals surface area contributed by atoms with Crippen molar-refractivity contribution in [2.75, 3.05) is 12.3 Å². The number of anilines is 1. The van der Waals surface area contributed by atoms with Gasteiger partial charge in [0.25, 0.3) is 5.56 Å². The highest BCUT2D eigenvalue weighted by molar-refractivity contribution is 5.91. The van der Waals surface area contributed by atoms with Gasteiger partial charge in [-0.3, -0.25) is 9.36 Å². The van der Waals surface area contributed by atoms with Crippen LogP contribution in [0.2, 0.25) is 0 Å². The maximum atomic E-state index is 13.5. The maximum absolute atomic E-state index is 13.5. The van der Waals surface area contributed by atoms with Gasteiger partial charge in [0.05, 0.1) is 28.5 Å². The number of aromatic nitrogens is 3. The standard InChI is InChI=1S/C33H28N4O8/c1-33(45-31(41)22-15-9-4-10-16-22)27(44-30(40)21-13-7-3-8-14-21)24(18-42-29(39)20-11-5-2-6-12-20)43-32(33)37-19-35-26-23(37)17-25(34)36-28(26)38/h2-17,19,24,27,32H,18H2,1H3,(H3,34,36,38)/t24-,27-,32+,33+/m1/s1. The van der Waals surface area contributed by atoms with E-state index in [2.05, 4.69) is 9.97 Å². The summed E-state index contributed by atoms with van der Waals surface area (Å²) in [5.41, 5.74) is 4.78. The van der Waals surface area contributed by atoms with E-state index in [0.717, 1.165) is 0 Å². The van der Waals surface area contributed by atoms with Crippen molar-refractivity contribution in [3.05, 3.63) is 130 Å². The van der Waals surface area contributed by atoms with Gasteiger partial charge in [0.15, 0.2) is 23.4 Å². The Bertz CT molecular complexity index is 1910. The zero-order chi connectivity index (χ0) is 31.6. The number of hydrogen-bond donors (Lipinski definition) is 2. The van der Waals surface area contributed by atoms with Gasteiger partial charge in [0.2, 0.25) is 0 Å². The van der Waals surface area contributed by atoms with Gasteiger partial charge in [-0.2, -0.15) is 0 Å². The Morgan fingerprint density at radius 3 is 2.04 bits per heavy atom. The minimum Gasteiger partial charge on any atom is -0.459 e. The van der Waals surface area contributed by atoms with E-state index >= 15 is 0 Å². The fourth-order valence-electron chi connectivity index (χ4n) is 5.31. The number of H-pyrrole nitrogens is 1. The van der Waals surface area contributed by atoms with Crippen LogP contribution in [-0.2, 0) is 18.9 Å². The molecule has 0 unspecified atom stereocenters. The van der Waals surface area contributed by atoms with Gasteiger partial charge < -0.3 is 29.7 Å². The van der Waals surface area contributed by atoms with E-state index in [1.807, 2.05) is 0 Å². The van der Waals surface area contributed by atoms with E-state index in [1.165, 1.54) is 17.0 Å². The number of esters is 3. The van der Waals surface area contributed by atoms with Crippen LogP contribution >= 0.6 is 0 Å². The minimum absolute atomic E-state index is 0.0568. The van der Waals surface area contributed by atoms with Crippen LogP contribution in [0.15, 0.2) is 108 Å². The van der Waals surface area contributed by atoms with Crippen LogP contribution in [0.3, 0.4) is 0 Å². The van der Waals surface area contributed by atoms with Crippen molar-refractivity contribution >= 4 is 34.8 Å². The molecule has 1 aliphatic rings. The molecule has 1 fully saturated rings. The number of nitrogens with zero attached hydrogens (tertiary/aromatic N) is 2. The van der Waals surface area contributed by atoms with Crippen molar-refractivity contribution in [1.29, 1.82) is 0 Å². The number of pyridine rings is 1. The number of hydrogen-bond acceptors (Lipinski definition) is 10. The molecule has 0 spiro atoms. The summed E-state index contributed by atoms with van der Waals surface area (Å²) in [7, 11) is 0. The summed E-state index contributed by atoms with van der Waals surface area (Å²) in [6, 6.07) is 26.4. The second-order valence-electron chi connectivity index (χ2n) is 10.6. The van der Waals surface area contributed by atoms with Crippen LogP contribution in [0.4, 0.5) is 5.82 Å². The van der Waals surface area contributed by atoms with Crippen molar-refractivity contribution in [1.82, 2.24) is 14.5 Å². The lowest BCUT2D eigenvalue weighted by Gasteiger charge is -2.34. The molecule has 3 N–H and O–H groups in total. The summed E-state index contributed by atoms with van der Waals surface area (Å²) in [5.74, 6) is -2.01. The molecular weight excluding hydrogens is 580 g/mol. The number of nitrogens with one attached hydrogen (secondary N) is 1.